The van der Waals surface area contributed by atoms with Gasteiger partial charge in [-0.2, -0.15) is 0 Å². The van der Waals surface area contributed by atoms with E-state index in [2.05, 4.69) is 20.8 Å². The van der Waals surface area contributed by atoms with Gasteiger partial charge in [-0.1, -0.05) is 23.2 Å². The number of carbonyl (C=O) groups excluding carboxylic acids is 2. The van der Waals surface area contributed by atoms with E-state index < -0.39 is 6.10 Å². The molecule has 6 nitrogen and oxygen atoms in total. The van der Waals surface area contributed by atoms with E-state index in [9.17, 15) is 14.7 Å². The van der Waals surface area contributed by atoms with Crippen LogP contribution in [0.1, 0.15) is 20.7 Å². The number of nitrogens with zero attached hydrogens (tertiary/aromatic N) is 3. The second kappa shape index (κ2) is 9.46. The van der Waals surface area contributed by atoms with E-state index in [4.69, 9.17) is 23.2 Å². The number of rotatable bonds is 3. The Hall–Kier alpha value is -1.64. The summed E-state index contributed by atoms with van der Waals surface area (Å²) in [7, 11) is 0. The van der Waals surface area contributed by atoms with Crippen LogP contribution in [0.15, 0.2) is 46.9 Å². The monoisotopic (exact) mass is 525 g/mol. The van der Waals surface area contributed by atoms with Gasteiger partial charge in [0.1, 0.15) is 0 Å². The molecule has 2 heterocycles. The Bertz CT molecular complexity index is 980. The van der Waals surface area contributed by atoms with E-state index in [0.29, 0.717) is 58.4 Å². The van der Waals surface area contributed by atoms with Crippen molar-refractivity contribution >= 4 is 50.9 Å². The topological polar surface area (TPSA) is 64.1 Å². The molecule has 0 aliphatic carbocycles. The van der Waals surface area contributed by atoms with E-state index in [0.717, 1.165) is 0 Å². The summed E-state index contributed by atoms with van der Waals surface area (Å²) in [5.74, 6) is -0.149. The third-order valence-electron chi connectivity index (χ3n) is 5.87. The summed E-state index contributed by atoms with van der Waals surface area (Å²) in [5, 5.41) is 11.8. The van der Waals surface area contributed by atoms with Crippen molar-refractivity contribution in [2.24, 2.45) is 0 Å². The van der Waals surface area contributed by atoms with Crippen LogP contribution in [0.2, 0.25) is 10.0 Å². The number of piperazine rings is 1. The fraction of sp³-hybridized carbons (Fsp3) is 0.364. The van der Waals surface area contributed by atoms with Crippen LogP contribution in [0, 0.1) is 0 Å². The number of aliphatic hydroxyl groups excluding tert-OH is 1. The number of hydrogen-bond acceptors (Lipinski definition) is 4. The maximum atomic E-state index is 12.9. The minimum Gasteiger partial charge on any atom is -0.390 e. The Kier molecular flexibility index (Phi) is 6.89. The number of likely N-dealkylation sites (tertiary alicyclic amines) is 1. The molecule has 0 saturated carbocycles. The summed E-state index contributed by atoms with van der Waals surface area (Å²) in [5.41, 5.74) is 1.15. The molecule has 2 fully saturated rings. The largest absolute Gasteiger partial charge is 0.390 e. The van der Waals surface area contributed by atoms with E-state index >= 15 is 0 Å². The molecule has 2 atom stereocenters. The third-order valence-corrected chi connectivity index (χ3v) is 7.34. The van der Waals surface area contributed by atoms with Crippen molar-refractivity contribution in [3.8, 4) is 0 Å². The van der Waals surface area contributed by atoms with E-state index in [1.807, 2.05) is 4.90 Å². The lowest BCUT2D eigenvalue weighted by atomic mass is 10.1. The summed E-state index contributed by atoms with van der Waals surface area (Å²) in [6, 6.07) is 11.8. The van der Waals surface area contributed by atoms with E-state index in [-0.39, 0.29) is 24.4 Å². The number of halogens is 3. The summed E-state index contributed by atoms with van der Waals surface area (Å²) < 4.78 is 0.665. The summed E-state index contributed by atoms with van der Waals surface area (Å²) in [6.45, 7) is 3.18. The van der Waals surface area contributed by atoms with Crippen molar-refractivity contribution in [1.29, 1.82) is 0 Å². The lowest BCUT2D eigenvalue weighted by Gasteiger charge is -2.38. The van der Waals surface area contributed by atoms with Crippen molar-refractivity contribution < 1.29 is 14.7 Å². The highest BCUT2D eigenvalue weighted by atomic mass is 79.9. The van der Waals surface area contributed by atoms with Crippen LogP contribution >= 0.6 is 39.1 Å². The van der Waals surface area contributed by atoms with Gasteiger partial charge in [0.15, 0.2) is 0 Å². The number of aliphatic hydroxyl groups is 1. The third kappa shape index (κ3) is 4.91. The smallest absolute Gasteiger partial charge is 0.254 e. The fourth-order valence-corrected chi connectivity index (χ4v) is 4.76. The van der Waals surface area contributed by atoms with Gasteiger partial charge in [-0.15, -0.1) is 0 Å². The van der Waals surface area contributed by atoms with Gasteiger partial charge >= 0.3 is 0 Å². The minimum atomic E-state index is -0.627. The number of benzene rings is 2. The molecule has 2 aliphatic rings. The highest BCUT2D eigenvalue weighted by Crippen LogP contribution is 2.26. The van der Waals surface area contributed by atoms with Gasteiger partial charge in [-0.25, -0.2) is 0 Å². The van der Waals surface area contributed by atoms with Gasteiger partial charge < -0.3 is 14.9 Å². The molecular formula is C22H22BrCl2N3O3. The predicted molar refractivity (Wildman–Crippen MR) is 124 cm³/mol. The molecule has 2 unspecified atom stereocenters. The molecule has 164 valence electrons. The molecule has 2 aliphatic heterocycles. The molecule has 0 radical (unpaired) electrons. The van der Waals surface area contributed by atoms with Gasteiger partial charge in [0.25, 0.3) is 11.8 Å². The average molecular weight is 527 g/mol. The highest BCUT2D eigenvalue weighted by molar-refractivity contribution is 9.10. The number of hydrogen-bond donors (Lipinski definition) is 1. The Morgan fingerprint density at radius 2 is 1.48 bits per heavy atom. The number of amides is 2. The average Bonchev–Trinajstić information content (AvgIpc) is 3.17. The molecule has 2 saturated heterocycles. The summed E-state index contributed by atoms with van der Waals surface area (Å²) >= 11 is 15.3. The molecule has 2 aromatic carbocycles. The predicted octanol–water partition coefficient (Wildman–Crippen LogP) is 3.40. The van der Waals surface area contributed by atoms with Crippen molar-refractivity contribution in [2.75, 3.05) is 39.3 Å². The van der Waals surface area contributed by atoms with Crippen LogP contribution in [0.25, 0.3) is 0 Å². The zero-order chi connectivity index (χ0) is 22.1. The maximum Gasteiger partial charge on any atom is 0.254 e. The number of β-amino-alcohol motifs (C(OH)–C–C–N with tert-alkyl or cyclic N) is 1. The Balaban J connectivity index is 1.35. The highest BCUT2D eigenvalue weighted by Gasteiger charge is 2.39. The Labute approximate surface area is 199 Å². The van der Waals surface area contributed by atoms with Crippen molar-refractivity contribution in [2.45, 2.75) is 12.1 Å². The van der Waals surface area contributed by atoms with Gasteiger partial charge in [0.05, 0.1) is 17.2 Å². The van der Waals surface area contributed by atoms with Gasteiger partial charge in [-0.3, -0.25) is 14.5 Å². The van der Waals surface area contributed by atoms with Crippen LogP contribution in [-0.4, -0.2) is 83.0 Å². The molecule has 1 N–H and O–H groups in total. The second-order valence-corrected chi connectivity index (χ2v) is 9.51. The van der Waals surface area contributed by atoms with Crippen LogP contribution in [0.5, 0.6) is 0 Å². The molecule has 31 heavy (non-hydrogen) atoms. The Morgan fingerprint density at radius 1 is 0.871 bits per heavy atom. The maximum absolute atomic E-state index is 12.9. The molecule has 2 amide bonds. The molecule has 4 rings (SSSR count). The van der Waals surface area contributed by atoms with E-state index in [1.54, 1.807) is 47.4 Å². The quantitative estimate of drug-likeness (QED) is 0.665. The minimum absolute atomic E-state index is 0.0200. The fourth-order valence-electron chi connectivity index (χ4n) is 4.14. The van der Waals surface area contributed by atoms with Gasteiger partial charge in [0.2, 0.25) is 0 Å². The van der Waals surface area contributed by atoms with Gasteiger partial charge in [-0.05, 0) is 58.4 Å². The first-order chi connectivity index (χ1) is 14.8. The molecular weight excluding hydrogens is 505 g/mol. The lowest BCUT2D eigenvalue weighted by Crippen LogP contribution is -2.54. The van der Waals surface area contributed by atoms with E-state index in [1.165, 1.54) is 0 Å². The summed E-state index contributed by atoms with van der Waals surface area (Å²) in [6.07, 6.45) is -0.627. The van der Waals surface area contributed by atoms with Crippen LogP contribution < -0.4 is 0 Å². The SMILES string of the molecule is O=C(c1ccc(Cl)cc1)N1CCN(C2CN(C(=O)c3ccc(Cl)c(Br)c3)CC2O)CC1. The first-order valence-corrected chi connectivity index (χ1v) is 11.6. The zero-order valence-corrected chi connectivity index (χ0v) is 19.8. The molecule has 0 spiro atoms. The van der Waals surface area contributed by atoms with Crippen molar-refractivity contribution in [3.63, 3.8) is 0 Å². The van der Waals surface area contributed by atoms with Gasteiger partial charge in [0, 0.05) is 59.9 Å². The zero-order valence-electron chi connectivity index (χ0n) is 16.7. The molecule has 0 aromatic heterocycles. The molecule has 9 heteroatoms. The molecule has 2 aromatic rings. The van der Waals surface area contributed by atoms with Crippen LogP contribution in [0.4, 0.5) is 0 Å². The van der Waals surface area contributed by atoms with Crippen molar-refractivity contribution in [1.82, 2.24) is 14.7 Å². The van der Waals surface area contributed by atoms with Crippen LogP contribution in [-0.2, 0) is 0 Å². The number of carbonyl (C=O) groups is 2. The Morgan fingerprint density at radius 3 is 2.13 bits per heavy atom. The first kappa shape index (κ1) is 22.6. The second-order valence-electron chi connectivity index (χ2n) is 7.81. The lowest BCUT2D eigenvalue weighted by molar-refractivity contribution is 0.0376. The van der Waals surface area contributed by atoms with Crippen molar-refractivity contribution in [3.05, 3.63) is 68.1 Å². The standard InChI is InChI=1S/C22H22BrCl2N3O3/c23-17-11-15(3-6-18(17)25)22(31)28-12-19(20(29)13-28)26-7-9-27(10-8-26)21(30)14-1-4-16(24)5-2-14/h1-6,11,19-20,29H,7-10,12-13H2. The first-order valence-electron chi connectivity index (χ1n) is 10.0. The molecule has 0 bridgehead atoms. The normalized spacial score (nSPS) is 22.1. The summed E-state index contributed by atoms with van der Waals surface area (Å²) in [4.78, 5) is 31.2. The van der Waals surface area contributed by atoms with Crippen LogP contribution in [0.3, 0.4) is 0 Å².